The Labute approximate surface area is 146 Å². The van der Waals surface area contributed by atoms with E-state index < -0.39 is 0 Å². The van der Waals surface area contributed by atoms with Crippen LogP contribution in [0.5, 0.6) is 11.5 Å². The van der Waals surface area contributed by atoms with Gasteiger partial charge < -0.3 is 9.84 Å². The molecule has 5 heteroatoms. The minimum Gasteiger partial charge on any atom is -0.508 e. The summed E-state index contributed by atoms with van der Waals surface area (Å²) in [5, 5.41) is 9.34. The van der Waals surface area contributed by atoms with Crippen LogP contribution in [-0.2, 0) is 0 Å². The lowest BCUT2D eigenvalue weighted by Crippen LogP contribution is -2.24. The molecule has 2 aliphatic rings. The van der Waals surface area contributed by atoms with Gasteiger partial charge in [-0.3, -0.25) is 9.88 Å². The van der Waals surface area contributed by atoms with E-state index in [-0.39, 0.29) is 0 Å². The molecule has 1 saturated carbocycles. The molecule has 24 heavy (non-hydrogen) atoms. The van der Waals surface area contributed by atoms with E-state index in [1.165, 1.54) is 18.0 Å². The molecule has 1 N–H and O–H groups in total. The Balaban J connectivity index is 1.25. The first-order valence-electron chi connectivity index (χ1n) is 8.47. The highest BCUT2D eigenvalue weighted by atomic mass is 32.2. The van der Waals surface area contributed by atoms with Gasteiger partial charge >= 0.3 is 0 Å². The highest BCUT2D eigenvalue weighted by Crippen LogP contribution is 2.40. The molecule has 2 aromatic rings. The van der Waals surface area contributed by atoms with Crippen molar-refractivity contribution in [2.24, 2.45) is 11.8 Å². The van der Waals surface area contributed by atoms with Crippen molar-refractivity contribution < 1.29 is 9.84 Å². The third-order valence-corrected chi connectivity index (χ3v) is 6.07. The molecular formula is C19H22N2O2S. The smallest absolute Gasteiger partial charge is 0.137 e. The van der Waals surface area contributed by atoms with Crippen molar-refractivity contribution in [3.05, 3.63) is 48.8 Å². The van der Waals surface area contributed by atoms with Crippen LogP contribution < -0.4 is 4.74 Å². The van der Waals surface area contributed by atoms with Gasteiger partial charge in [0.15, 0.2) is 0 Å². The lowest BCUT2D eigenvalue weighted by atomic mass is 10.0. The highest BCUT2D eigenvalue weighted by molar-refractivity contribution is 7.99. The minimum absolute atomic E-state index is 0.328. The molecule has 1 aliphatic heterocycles. The second-order valence-electron chi connectivity index (χ2n) is 6.72. The molecule has 1 saturated heterocycles. The number of phenolic OH excluding ortho intramolecular Hbond substituents is 1. The Kier molecular flexibility index (Phi) is 4.63. The Morgan fingerprint density at radius 1 is 1.12 bits per heavy atom. The van der Waals surface area contributed by atoms with E-state index in [1.54, 1.807) is 24.5 Å². The standard InChI is InChI=1S/C19H22N2O2S/c22-16-3-5-19(6-4-16)24-13-21-11-14-8-18(9-15(14)12-21)23-17-2-1-7-20-10-17/h1-7,10,14-15,18,22H,8-9,11-13H2/t14-,15+,18+. The average Bonchev–Trinajstić information content (AvgIpc) is 3.13. The van der Waals surface area contributed by atoms with Crippen LogP contribution in [0.1, 0.15) is 12.8 Å². The van der Waals surface area contributed by atoms with Crippen molar-refractivity contribution in [2.45, 2.75) is 23.8 Å². The van der Waals surface area contributed by atoms with Crippen LogP contribution in [0.15, 0.2) is 53.7 Å². The number of pyridine rings is 1. The SMILES string of the molecule is Oc1ccc(SCN2C[C@H]3C[C@H](Oc4cccnc4)C[C@H]3C2)cc1. The van der Waals surface area contributed by atoms with Gasteiger partial charge in [0.05, 0.1) is 12.3 Å². The van der Waals surface area contributed by atoms with Gasteiger partial charge in [0, 0.05) is 30.1 Å². The Hall–Kier alpha value is -1.72. The molecule has 0 radical (unpaired) electrons. The van der Waals surface area contributed by atoms with E-state index in [4.69, 9.17) is 4.74 Å². The molecule has 4 nitrogen and oxygen atoms in total. The van der Waals surface area contributed by atoms with E-state index >= 15 is 0 Å². The van der Waals surface area contributed by atoms with Crippen molar-refractivity contribution in [1.29, 1.82) is 0 Å². The van der Waals surface area contributed by atoms with Crippen LogP contribution in [-0.4, -0.2) is 40.1 Å². The topological polar surface area (TPSA) is 45.6 Å². The molecule has 4 rings (SSSR count). The third kappa shape index (κ3) is 3.68. The van der Waals surface area contributed by atoms with Gasteiger partial charge in [0.25, 0.3) is 0 Å². The highest BCUT2D eigenvalue weighted by Gasteiger charge is 2.41. The Bertz CT molecular complexity index is 651. The van der Waals surface area contributed by atoms with Crippen LogP contribution in [0.25, 0.3) is 0 Å². The number of thioether (sulfide) groups is 1. The summed E-state index contributed by atoms with van der Waals surface area (Å²) < 4.78 is 6.08. The fourth-order valence-electron chi connectivity index (χ4n) is 3.86. The quantitative estimate of drug-likeness (QED) is 0.841. The van der Waals surface area contributed by atoms with E-state index in [9.17, 15) is 5.11 Å². The van der Waals surface area contributed by atoms with E-state index in [0.717, 1.165) is 36.3 Å². The number of benzene rings is 1. The number of aromatic nitrogens is 1. The lowest BCUT2D eigenvalue weighted by molar-refractivity contribution is 0.189. The van der Waals surface area contributed by atoms with Crippen molar-refractivity contribution in [3.8, 4) is 11.5 Å². The normalized spacial score (nSPS) is 26.4. The first kappa shape index (κ1) is 15.8. The van der Waals surface area contributed by atoms with E-state index in [2.05, 4.69) is 9.88 Å². The summed E-state index contributed by atoms with van der Waals surface area (Å²) in [6, 6.07) is 11.4. The molecule has 126 valence electrons. The van der Waals surface area contributed by atoms with Crippen molar-refractivity contribution in [1.82, 2.24) is 9.88 Å². The summed E-state index contributed by atoms with van der Waals surface area (Å²) in [6.07, 6.45) is 6.23. The van der Waals surface area contributed by atoms with Gasteiger partial charge in [0.2, 0.25) is 0 Å². The predicted octanol–water partition coefficient (Wildman–Crippen LogP) is 3.63. The molecule has 0 spiro atoms. The number of rotatable bonds is 5. The first-order chi connectivity index (χ1) is 11.8. The summed E-state index contributed by atoms with van der Waals surface area (Å²) in [4.78, 5) is 7.88. The summed E-state index contributed by atoms with van der Waals surface area (Å²) in [6.45, 7) is 2.34. The van der Waals surface area contributed by atoms with Crippen LogP contribution in [0.2, 0.25) is 0 Å². The number of aromatic hydroxyl groups is 1. The zero-order valence-corrected chi connectivity index (χ0v) is 14.4. The molecule has 0 amide bonds. The van der Waals surface area contributed by atoms with Crippen molar-refractivity contribution >= 4 is 11.8 Å². The van der Waals surface area contributed by atoms with Gasteiger partial charge in [-0.05, 0) is 61.1 Å². The average molecular weight is 342 g/mol. The van der Waals surface area contributed by atoms with Crippen molar-refractivity contribution in [2.75, 3.05) is 19.0 Å². The van der Waals surface area contributed by atoms with Gasteiger partial charge in [0.1, 0.15) is 11.5 Å². The van der Waals surface area contributed by atoms with Crippen LogP contribution in [0.3, 0.4) is 0 Å². The van der Waals surface area contributed by atoms with Crippen LogP contribution >= 0.6 is 11.8 Å². The van der Waals surface area contributed by atoms with Crippen LogP contribution in [0.4, 0.5) is 0 Å². The number of hydrogen-bond acceptors (Lipinski definition) is 5. The maximum Gasteiger partial charge on any atom is 0.137 e. The van der Waals surface area contributed by atoms with E-state index in [0.29, 0.717) is 11.9 Å². The molecule has 0 bridgehead atoms. The van der Waals surface area contributed by atoms with Gasteiger partial charge in [-0.25, -0.2) is 0 Å². The maximum atomic E-state index is 9.34. The lowest BCUT2D eigenvalue weighted by Gasteiger charge is -2.19. The number of likely N-dealkylation sites (tertiary alicyclic amines) is 1. The van der Waals surface area contributed by atoms with Gasteiger partial charge in [-0.2, -0.15) is 0 Å². The molecule has 1 aliphatic carbocycles. The number of ether oxygens (including phenoxy) is 1. The fourth-order valence-corrected chi connectivity index (χ4v) is 4.73. The number of phenols is 1. The molecule has 3 atom stereocenters. The fraction of sp³-hybridized carbons (Fsp3) is 0.421. The van der Waals surface area contributed by atoms with Crippen LogP contribution in [0, 0.1) is 11.8 Å². The maximum absolute atomic E-state index is 9.34. The summed E-state index contributed by atoms with van der Waals surface area (Å²) in [5.41, 5.74) is 0. The minimum atomic E-state index is 0.328. The number of fused-ring (bicyclic) bond motifs is 1. The second kappa shape index (κ2) is 7.03. The Morgan fingerprint density at radius 2 is 1.88 bits per heavy atom. The summed E-state index contributed by atoms with van der Waals surface area (Å²) >= 11 is 1.84. The first-order valence-corrected chi connectivity index (χ1v) is 9.46. The number of hydrogen-bond donors (Lipinski definition) is 1. The van der Waals surface area contributed by atoms with Gasteiger partial charge in [-0.15, -0.1) is 11.8 Å². The predicted molar refractivity (Wildman–Crippen MR) is 95.3 cm³/mol. The third-order valence-electron chi connectivity index (χ3n) is 4.97. The molecule has 2 heterocycles. The number of nitrogens with zero attached hydrogens (tertiary/aromatic N) is 2. The molecule has 1 aromatic heterocycles. The monoisotopic (exact) mass is 342 g/mol. The zero-order valence-electron chi connectivity index (χ0n) is 13.5. The molecular weight excluding hydrogens is 320 g/mol. The van der Waals surface area contributed by atoms with E-state index in [1.807, 2.05) is 36.0 Å². The van der Waals surface area contributed by atoms with Gasteiger partial charge in [-0.1, -0.05) is 0 Å². The summed E-state index contributed by atoms with van der Waals surface area (Å²) in [5.74, 6) is 3.75. The van der Waals surface area contributed by atoms with Crippen molar-refractivity contribution in [3.63, 3.8) is 0 Å². The molecule has 0 unspecified atom stereocenters. The summed E-state index contributed by atoms with van der Waals surface area (Å²) in [7, 11) is 0. The molecule has 1 aromatic carbocycles. The molecule has 2 fully saturated rings. The zero-order chi connectivity index (χ0) is 16.4. The Morgan fingerprint density at radius 3 is 2.54 bits per heavy atom. The second-order valence-corrected chi connectivity index (χ2v) is 7.74. The largest absolute Gasteiger partial charge is 0.508 e.